The number of urea groups is 1. The molecule has 5 N–H and O–H groups in total. The maximum Gasteiger partial charge on any atom is 0.318 e. The average molecular weight is 445 g/mol. The van der Waals surface area contributed by atoms with Crippen LogP contribution in [0.3, 0.4) is 0 Å². The van der Waals surface area contributed by atoms with Gasteiger partial charge in [-0.25, -0.2) is 4.79 Å². The largest absolute Gasteiger partial charge is 0.381 e. The van der Waals surface area contributed by atoms with Crippen LogP contribution in [0.25, 0.3) is 0 Å². The number of thioether (sulfide) groups is 1. The van der Waals surface area contributed by atoms with E-state index in [1.165, 1.54) is 10.5 Å². The molecule has 2 amide bonds. The Bertz CT molecular complexity index is 831. The summed E-state index contributed by atoms with van der Waals surface area (Å²) in [7, 11) is 0. The van der Waals surface area contributed by atoms with Crippen LogP contribution in [0.2, 0.25) is 0 Å². The topological polar surface area (TPSA) is 89.7 Å². The summed E-state index contributed by atoms with van der Waals surface area (Å²) in [6.45, 7) is 7.10. The molecule has 168 valence electrons. The van der Waals surface area contributed by atoms with E-state index in [9.17, 15) is 4.79 Å². The molecule has 0 aromatic heterocycles. The van der Waals surface area contributed by atoms with Gasteiger partial charge in [0.2, 0.25) is 0 Å². The number of hydrogen-bond acceptors (Lipinski definition) is 7. The first-order valence-corrected chi connectivity index (χ1v) is 12.0. The van der Waals surface area contributed by atoms with Gasteiger partial charge in [-0.2, -0.15) is 0 Å². The number of amides is 2. The van der Waals surface area contributed by atoms with Crippen LogP contribution < -0.4 is 26.6 Å². The van der Waals surface area contributed by atoms with E-state index in [0.29, 0.717) is 19.1 Å². The van der Waals surface area contributed by atoms with E-state index in [1.807, 2.05) is 17.0 Å². The fourth-order valence-corrected chi connectivity index (χ4v) is 5.95. The minimum absolute atomic E-state index is 0.00764. The first-order valence-electron chi connectivity index (χ1n) is 11.1. The smallest absolute Gasteiger partial charge is 0.318 e. The molecule has 4 aliphatic heterocycles. The highest BCUT2D eigenvalue weighted by atomic mass is 32.2. The van der Waals surface area contributed by atoms with Gasteiger partial charge in [0, 0.05) is 49.1 Å². The molecule has 2 saturated heterocycles. The SMILES string of the molecule is CC1(C)C2=CNC(NC3CCOCC3)NC2CN1C(=O)NCC1Nc2ccccc2S1. The first-order chi connectivity index (χ1) is 15.0. The van der Waals surface area contributed by atoms with Gasteiger partial charge in [-0.3, -0.25) is 10.6 Å². The van der Waals surface area contributed by atoms with Gasteiger partial charge in [0.1, 0.15) is 6.29 Å². The number of para-hydroxylation sites is 1. The van der Waals surface area contributed by atoms with Crippen LogP contribution in [0.4, 0.5) is 10.5 Å². The highest BCUT2D eigenvalue weighted by Crippen LogP contribution is 2.38. The summed E-state index contributed by atoms with van der Waals surface area (Å²) in [6, 6.07) is 8.83. The van der Waals surface area contributed by atoms with Crippen LogP contribution >= 0.6 is 11.8 Å². The van der Waals surface area contributed by atoms with Gasteiger partial charge in [-0.05, 0) is 44.4 Å². The van der Waals surface area contributed by atoms with Crippen LogP contribution in [0.1, 0.15) is 26.7 Å². The molecule has 3 unspecified atom stereocenters. The molecule has 4 heterocycles. The zero-order chi connectivity index (χ0) is 21.4. The summed E-state index contributed by atoms with van der Waals surface area (Å²) in [5.41, 5.74) is 2.01. The van der Waals surface area contributed by atoms with Crippen LogP contribution in [-0.2, 0) is 4.74 Å². The molecular formula is C22H32N6O2S. The number of likely N-dealkylation sites (tertiary alicyclic amines) is 1. The molecule has 8 nitrogen and oxygen atoms in total. The van der Waals surface area contributed by atoms with Crippen molar-refractivity contribution in [2.45, 2.75) is 60.9 Å². The molecule has 0 aliphatic carbocycles. The molecule has 0 bridgehead atoms. The third-order valence-corrected chi connectivity index (χ3v) is 7.85. The Kier molecular flexibility index (Phi) is 5.76. The second-order valence-corrected chi connectivity index (χ2v) is 10.3. The standard InChI is InChI=1S/C22H32N6O2S/c1-22(2)15-11-23-20(25-14-7-9-30-10-8-14)27-17(15)13-28(22)21(29)24-12-19-26-16-5-3-4-6-18(16)31-19/h3-6,11,14,17,19-20,23,25-27H,7-10,12-13H2,1-2H3,(H,24,29). The molecular weight excluding hydrogens is 412 g/mol. The summed E-state index contributed by atoms with van der Waals surface area (Å²) in [5, 5.41) is 17.5. The van der Waals surface area contributed by atoms with Crippen molar-refractivity contribution in [1.29, 1.82) is 0 Å². The number of nitrogens with zero attached hydrogens (tertiary/aromatic N) is 1. The second kappa shape index (κ2) is 8.54. The average Bonchev–Trinajstić information content (AvgIpc) is 3.30. The molecule has 5 rings (SSSR count). The van der Waals surface area contributed by atoms with Crippen molar-refractivity contribution in [3.8, 4) is 0 Å². The van der Waals surface area contributed by atoms with Crippen molar-refractivity contribution in [3.05, 3.63) is 36.0 Å². The summed E-state index contributed by atoms with van der Waals surface area (Å²) in [6.07, 6.45) is 4.15. The molecule has 2 fully saturated rings. The Morgan fingerprint density at radius 2 is 2.10 bits per heavy atom. The van der Waals surface area contributed by atoms with Gasteiger partial charge >= 0.3 is 6.03 Å². The summed E-state index contributed by atoms with van der Waals surface area (Å²) < 4.78 is 5.45. The van der Waals surface area contributed by atoms with Gasteiger partial charge in [0.25, 0.3) is 0 Å². The maximum absolute atomic E-state index is 13.1. The minimum atomic E-state index is -0.350. The molecule has 3 atom stereocenters. The molecule has 9 heteroatoms. The molecule has 4 aliphatic rings. The van der Waals surface area contributed by atoms with Crippen molar-refractivity contribution in [1.82, 2.24) is 26.2 Å². The number of nitrogens with one attached hydrogen (secondary N) is 5. The predicted molar refractivity (Wildman–Crippen MR) is 123 cm³/mol. The molecule has 0 radical (unpaired) electrons. The fourth-order valence-electron chi connectivity index (χ4n) is 4.88. The van der Waals surface area contributed by atoms with Crippen LogP contribution in [0, 0.1) is 0 Å². The summed E-state index contributed by atoms with van der Waals surface area (Å²) >= 11 is 1.76. The Morgan fingerprint density at radius 1 is 1.29 bits per heavy atom. The number of fused-ring (bicyclic) bond motifs is 2. The van der Waals surface area contributed by atoms with Crippen molar-refractivity contribution in [2.75, 3.05) is 31.6 Å². The normalized spacial score (nSPS) is 29.4. The number of ether oxygens (including phenoxy) is 1. The number of carbonyl (C=O) groups excluding carboxylic acids is 1. The summed E-state index contributed by atoms with van der Waals surface area (Å²) in [5.74, 6) is 0. The van der Waals surface area contributed by atoms with Gasteiger partial charge < -0.3 is 25.6 Å². The lowest BCUT2D eigenvalue weighted by Gasteiger charge is -2.36. The van der Waals surface area contributed by atoms with E-state index < -0.39 is 0 Å². The number of hydrogen-bond donors (Lipinski definition) is 5. The van der Waals surface area contributed by atoms with Gasteiger partial charge in [-0.1, -0.05) is 23.9 Å². The second-order valence-electron chi connectivity index (χ2n) is 9.07. The van der Waals surface area contributed by atoms with E-state index >= 15 is 0 Å². The third kappa shape index (κ3) is 4.24. The highest BCUT2D eigenvalue weighted by Gasteiger charge is 2.47. The Morgan fingerprint density at radius 3 is 2.90 bits per heavy atom. The van der Waals surface area contributed by atoms with Crippen molar-refractivity contribution < 1.29 is 9.53 Å². The fraction of sp³-hybridized carbons (Fsp3) is 0.591. The quantitative estimate of drug-likeness (QED) is 0.484. The summed E-state index contributed by atoms with van der Waals surface area (Å²) in [4.78, 5) is 16.3. The number of anilines is 1. The van der Waals surface area contributed by atoms with Gasteiger partial charge in [0.15, 0.2) is 0 Å². The minimum Gasteiger partial charge on any atom is -0.381 e. The number of carbonyl (C=O) groups is 1. The molecule has 0 spiro atoms. The molecule has 31 heavy (non-hydrogen) atoms. The van der Waals surface area contributed by atoms with Crippen LogP contribution in [0.5, 0.6) is 0 Å². The van der Waals surface area contributed by atoms with Crippen molar-refractivity contribution in [3.63, 3.8) is 0 Å². The predicted octanol–water partition coefficient (Wildman–Crippen LogP) is 1.83. The third-order valence-electron chi connectivity index (χ3n) is 6.68. The molecule has 0 saturated carbocycles. The number of rotatable bonds is 4. The number of benzene rings is 1. The maximum atomic E-state index is 13.1. The van der Waals surface area contributed by atoms with E-state index in [1.54, 1.807) is 11.8 Å². The van der Waals surface area contributed by atoms with Crippen molar-refractivity contribution in [2.24, 2.45) is 0 Å². The highest BCUT2D eigenvalue weighted by molar-refractivity contribution is 8.00. The van der Waals surface area contributed by atoms with Crippen LogP contribution in [0.15, 0.2) is 40.9 Å². The Hall–Kier alpha value is -1.94. The molecule has 1 aromatic carbocycles. The van der Waals surface area contributed by atoms with E-state index in [0.717, 1.165) is 31.7 Å². The zero-order valence-corrected chi connectivity index (χ0v) is 18.9. The van der Waals surface area contributed by atoms with E-state index in [4.69, 9.17) is 4.74 Å². The van der Waals surface area contributed by atoms with Gasteiger partial charge in [0.05, 0.1) is 17.0 Å². The monoisotopic (exact) mass is 444 g/mol. The Labute approximate surface area is 187 Å². The molecule has 1 aromatic rings. The van der Waals surface area contributed by atoms with Crippen LogP contribution in [-0.4, -0.2) is 66.5 Å². The van der Waals surface area contributed by atoms with Gasteiger partial charge in [-0.15, -0.1) is 0 Å². The lowest BCUT2D eigenvalue weighted by Crippen LogP contribution is -2.61. The first kappa shape index (κ1) is 20.9. The lowest BCUT2D eigenvalue weighted by molar-refractivity contribution is 0.0715. The van der Waals surface area contributed by atoms with Crippen molar-refractivity contribution >= 4 is 23.5 Å². The lowest BCUT2D eigenvalue weighted by atomic mass is 9.92. The van der Waals surface area contributed by atoms with E-state index in [-0.39, 0.29) is 29.3 Å². The van der Waals surface area contributed by atoms with E-state index in [2.05, 4.69) is 58.8 Å². The zero-order valence-electron chi connectivity index (χ0n) is 18.1. The Balaban J connectivity index is 1.16.